The van der Waals surface area contributed by atoms with E-state index in [0.717, 1.165) is 37.0 Å². The Kier molecular flexibility index (Phi) is 5.43. The van der Waals surface area contributed by atoms with Gasteiger partial charge in [0.1, 0.15) is 10.7 Å². The summed E-state index contributed by atoms with van der Waals surface area (Å²) in [6.45, 7) is 0.869. The Morgan fingerprint density at radius 1 is 1.38 bits per heavy atom. The Hall–Kier alpha value is -1.16. The van der Waals surface area contributed by atoms with Gasteiger partial charge in [0.2, 0.25) is 15.9 Å². The number of carbonyl (C=O) groups is 1. The quantitative estimate of drug-likeness (QED) is 0.700. The molecule has 1 aliphatic carbocycles. The lowest BCUT2D eigenvalue weighted by atomic mass is 10.2. The van der Waals surface area contributed by atoms with Crippen molar-refractivity contribution in [1.29, 1.82) is 0 Å². The zero-order valence-electron chi connectivity index (χ0n) is 13.0. The monoisotopic (exact) mass is 373 g/mol. The smallest absolute Gasteiger partial charge is 0.243 e. The molecule has 0 aromatic heterocycles. The van der Waals surface area contributed by atoms with Gasteiger partial charge in [-0.15, -0.1) is 0 Å². The van der Waals surface area contributed by atoms with Crippen LogP contribution >= 0.6 is 11.8 Å². The molecule has 3 N–H and O–H groups in total. The molecule has 0 bridgehead atoms. The first kappa shape index (κ1) is 17.7. The number of amides is 1. The summed E-state index contributed by atoms with van der Waals surface area (Å²) in [6, 6.07) is 3.59. The maximum atomic E-state index is 13.9. The molecule has 3 rings (SSSR count). The van der Waals surface area contributed by atoms with Gasteiger partial charge in [-0.3, -0.25) is 4.79 Å². The number of hydrogen-bond donors (Lipinski definition) is 3. The number of benzene rings is 1. The van der Waals surface area contributed by atoms with Crippen LogP contribution in [0.1, 0.15) is 19.3 Å². The molecule has 1 unspecified atom stereocenters. The van der Waals surface area contributed by atoms with Gasteiger partial charge in [0.25, 0.3) is 0 Å². The fourth-order valence-electron chi connectivity index (χ4n) is 2.46. The van der Waals surface area contributed by atoms with Crippen molar-refractivity contribution in [3.05, 3.63) is 24.0 Å². The van der Waals surface area contributed by atoms with Gasteiger partial charge in [0.05, 0.1) is 0 Å². The van der Waals surface area contributed by atoms with Crippen molar-refractivity contribution in [1.82, 2.24) is 10.0 Å². The van der Waals surface area contributed by atoms with Crippen molar-refractivity contribution >= 4 is 33.4 Å². The molecule has 1 aliphatic heterocycles. The van der Waals surface area contributed by atoms with E-state index in [-0.39, 0.29) is 23.7 Å². The summed E-state index contributed by atoms with van der Waals surface area (Å²) < 4.78 is 40.7. The number of nitrogens with one attached hydrogen (secondary N) is 3. The highest BCUT2D eigenvalue weighted by molar-refractivity contribution is 7.99. The molecule has 1 aromatic rings. The molecule has 1 saturated carbocycles. The molecule has 6 nitrogen and oxygen atoms in total. The van der Waals surface area contributed by atoms with E-state index in [1.54, 1.807) is 11.8 Å². The first-order valence-electron chi connectivity index (χ1n) is 7.87. The second kappa shape index (κ2) is 7.38. The Labute approximate surface area is 145 Å². The van der Waals surface area contributed by atoms with Crippen LogP contribution in [-0.4, -0.2) is 44.5 Å². The molecule has 1 atom stereocenters. The number of carbonyl (C=O) groups excluding carboxylic acids is 1. The molecular formula is C15H20FN3O3S2. The van der Waals surface area contributed by atoms with Crippen molar-refractivity contribution < 1.29 is 17.6 Å². The minimum atomic E-state index is -3.91. The second-order valence-corrected chi connectivity index (χ2v) is 8.85. The van der Waals surface area contributed by atoms with Gasteiger partial charge in [-0.25, -0.2) is 17.5 Å². The standard InChI is InChI=1S/C15H20FN3O3S2/c16-13-4-3-11(7-14(13)24(21,22)19-10-1-2-10)18-15(20)8-12-9-23-6-5-17-12/h3-4,7,10,12,17,19H,1-2,5-6,8-9H2,(H,18,20). The maximum absolute atomic E-state index is 13.9. The molecule has 2 aliphatic rings. The van der Waals surface area contributed by atoms with Crippen LogP contribution in [0.15, 0.2) is 23.1 Å². The average molecular weight is 373 g/mol. The van der Waals surface area contributed by atoms with Gasteiger partial charge in [-0.05, 0) is 31.0 Å². The van der Waals surface area contributed by atoms with Gasteiger partial charge in [0, 0.05) is 42.2 Å². The third-order valence-electron chi connectivity index (χ3n) is 3.83. The van der Waals surface area contributed by atoms with Crippen LogP contribution in [0.25, 0.3) is 0 Å². The highest BCUT2D eigenvalue weighted by atomic mass is 32.2. The molecule has 24 heavy (non-hydrogen) atoms. The largest absolute Gasteiger partial charge is 0.326 e. The number of hydrogen-bond acceptors (Lipinski definition) is 5. The molecule has 1 amide bonds. The number of thioether (sulfide) groups is 1. The van der Waals surface area contributed by atoms with Crippen LogP contribution in [0, 0.1) is 5.82 Å². The van der Waals surface area contributed by atoms with E-state index >= 15 is 0 Å². The van der Waals surface area contributed by atoms with Crippen LogP contribution in [0.2, 0.25) is 0 Å². The molecule has 1 saturated heterocycles. The topological polar surface area (TPSA) is 87.3 Å². The lowest BCUT2D eigenvalue weighted by molar-refractivity contribution is -0.116. The van der Waals surface area contributed by atoms with Gasteiger partial charge >= 0.3 is 0 Å². The zero-order valence-corrected chi connectivity index (χ0v) is 14.7. The molecule has 0 spiro atoms. The predicted molar refractivity (Wildman–Crippen MR) is 92.1 cm³/mol. The Bertz CT molecular complexity index is 717. The third-order valence-corrected chi connectivity index (χ3v) is 6.50. The fourth-order valence-corrected chi connectivity index (χ4v) is 4.82. The first-order valence-corrected chi connectivity index (χ1v) is 10.5. The summed E-state index contributed by atoms with van der Waals surface area (Å²) in [6.07, 6.45) is 1.83. The number of anilines is 1. The highest BCUT2D eigenvalue weighted by Gasteiger charge is 2.30. The van der Waals surface area contributed by atoms with Crippen LogP contribution in [0.5, 0.6) is 0 Å². The maximum Gasteiger partial charge on any atom is 0.243 e. The van der Waals surface area contributed by atoms with Gasteiger partial charge in [0.15, 0.2) is 0 Å². The summed E-state index contributed by atoms with van der Waals surface area (Å²) >= 11 is 1.79. The van der Waals surface area contributed by atoms with Crippen molar-refractivity contribution in [2.75, 3.05) is 23.4 Å². The normalized spacial score (nSPS) is 21.5. The van der Waals surface area contributed by atoms with Crippen molar-refractivity contribution in [2.24, 2.45) is 0 Å². The highest BCUT2D eigenvalue weighted by Crippen LogP contribution is 2.25. The zero-order chi connectivity index (χ0) is 17.2. The predicted octanol–water partition coefficient (Wildman–Crippen LogP) is 1.30. The van der Waals surface area contributed by atoms with E-state index in [4.69, 9.17) is 0 Å². The molecule has 1 aromatic carbocycles. The van der Waals surface area contributed by atoms with E-state index in [1.807, 2.05) is 0 Å². The van der Waals surface area contributed by atoms with Crippen LogP contribution in [0.4, 0.5) is 10.1 Å². The van der Waals surface area contributed by atoms with E-state index in [9.17, 15) is 17.6 Å². The van der Waals surface area contributed by atoms with Crippen LogP contribution < -0.4 is 15.4 Å². The summed E-state index contributed by atoms with van der Waals surface area (Å²) in [7, 11) is -3.91. The van der Waals surface area contributed by atoms with E-state index in [0.29, 0.717) is 6.42 Å². The van der Waals surface area contributed by atoms with Crippen LogP contribution in [-0.2, 0) is 14.8 Å². The Morgan fingerprint density at radius 2 is 2.17 bits per heavy atom. The van der Waals surface area contributed by atoms with Gasteiger partial charge in [-0.1, -0.05) is 0 Å². The molecule has 0 radical (unpaired) electrons. The molecule has 2 fully saturated rings. The number of halogens is 1. The van der Waals surface area contributed by atoms with Crippen molar-refractivity contribution in [3.63, 3.8) is 0 Å². The van der Waals surface area contributed by atoms with E-state index < -0.39 is 20.7 Å². The number of sulfonamides is 1. The van der Waals surface area contributed by atoms with E-state index in [1.165, 1.54) is 12.1 Å². The minimum Gasteiger partial charge on any atom is -0.326 e. The van der Waals surface area contributed by atoms with E-state index in [2.05, 4.69) is 15.4 Å². The molecule has 9 heteroatoms. The Balaban J connectivity index is 1.67. The molecule has 132 valence electrons. The SMILES string of the molecule is O=C(CC1CSCCN1)Nc1ccc(F)c(S(=O)(=O)NC2CC2)c1. The van der Waals surface area contributed by atoms with Crippen LogP contribution in [0.3, 0.4) is 0 Å². The summed E-state index contributed by atoms with van der Waals surface area (Å²) in [5.41, 5.74) is 0.279. The summed E-state index contributed by atoms with van der Waals surface area (Å²) in [4.78, 5) is 11.7. The second-order valence-electron chi connectivity index (χ2n) is 6.02. The molecular weight excluding hydrogens is 353 g/mol. The Morgan fingerprint density at radius 3 is 2.83 bits per heavy atom. The lowest BCUT2D eigenvalue weighted by Gasteiger charge is -2.22. The third kappa shape index (κ3) is 4.69. The van der Waals surface area contributed by atoms with Crippen molar-refractivity contribution in [3.8, 4) is 0 Å². The average Bonchev–Trinajstić information content (AvgIpc) is 3.33. The fraction of sp³-hybridized carbons (Fsp3) is 0.533. The lowest BCUT2D eigenvalue weighted by Crippen LogP contribution is -2.39. The minimum absolute atomic E-state index is 0.101. The summed E-state index contributed by atoms with van der Waals surface area (Å²) in [5, 5.41) is 5.91. The van der Waals surface area contributed by atoms with Gasteiger partial charge in [-0.2, -0.15) is 11.8 Å². The summed E-state index contributed by atoms with van der Waals surface area (Å²) in [5.74, 6) is 0.846. The van der Waals surface area contributed by atoms with Gasteiger partial charge < -0.3 is 10.6 Å². The molecule has 1 heterocycles. The number of rotatable bonds is 6. The van der Waals surface area contributed by atoms with Crippen molar-refractivity contribution in [2.45, 2.75) is 36.2 Å². The first-order chi connectivity index (χ1) is 11.4.